The Morgan fingerprint density at radius 2 is 1.84 bits per heavy atom. The smallest absolute Gasteiger partial charge is 0.225 e. The van der Waals surface area contributed by atoms with Crippen molar-refractivity contribution in [3.63, 3.8) is 0 Å². The summed E-state index contributed by atoms with van der Waals surface area (Å²) in [6.45, 7) is 1.04. The maximum atomic E-state index is 11.8. The predicted octanol–water partition coefficient (Wildman–Crippen LogP) is 1.55. The van der Waals surface area contributed by atoms with E-state index in [9.17, 15) is 25.2 Å². The van der Waals surface area contributed by atoms with Gasteiger partial charge in [0.1, 0.15) is 23.9 Å². The Balaban J connectivity index is 1.66. The molecule has 7 nitrogen and oxygen atoms in total. The highest BCUT2D eigenvalue weighted by Gasteiger charge is 2.67. The number of ketones is 1. The largest absolute Gasteiger partial charge is 0.393 e. The summed E-state index contributed by atoms with van der Waals surface area (Å²) in [6, 6.07) is 12.3. The van der Waals surface area contributed by atoms with Crippen molar-refractivity contribution in [3.8, 4) is 0 Å². The van der Waals surface area contributed by atoms with Gasteiger partial charge in [0, 0.05) is 22.6 Å². The number of hydrogen-bond acceptors (Lipinski definition) is 7. The molecule has 2 aliphatic heterocycles. The van der Waals surface area contributed by atoms with Crippen molar-refractivity contribution in [1.82, 2.24) is 0 Å². The summed E-state index contributed by atoms with van der Waals surface area (Å²) in [4.78, 5) is 11.8. The van der Waals surface area contributed by atoms with Gasteiger partial charge in [-0.3, -0.25) is 4.79 Å². The van der Waals surface area contributed by atoms with Crippen LogP contribution in [0.15, 0.2) is 42.5 Å². The molecule has 31 heavy (non-hydrogen) atoms. The molecule has 2 aromatic carbocycles. The van der Waals surface area contributed by atoms with E-state index in [1.54, 1.807) is 30.3 Å². The maximum Gasteiger partial charge on any atom is 0.225 e. The predicted molar refractivity (Wildman–Crippen MR) is 112 cm³/mol. The zero-order valence-corrected chi connectivity index (χ0v) is 17.7. The van der Waals surface area contributed by atoms with Crippen LogP contribution in [-0.4, -0.2) is 63.3 Å². The van der Waals surface area contributed by atoms with Crippen LogP contribution in [0.5, 0.6) is 0 Å². The molecule has 2 aromatic rings. The van der Waals surface area contributed by atoms with Crippen LogP contribution in [-0.2, 0) is 21.7 Å². The summed E-state index contributed by atoms with van der Waals surface area (Å²) < 4.78 is 11.7. The first-order valence-electron chi connectivity index (χ1n) is 10.2. The van der Waals surface area contributed by atoms with E-state index in [4.69, 9.17) is 21.1 Å². The van der Waals surface area contributed by atoms with E-state index >= 15 is 0 Å². The molecule has 2 aliphatic rings. The minimum atomic E-state index is -1.74. The topological polar surface area (TPSA) is 116 Å². The van der Waals surface area contributed by atoms with E-state index in [0.717, 1.165) is 11.1 Å². The second kappa shape index (κ2) is 8.26. The zero-order valence-electron chi connectivity index (χ0n) is 17.0. The summed E-state index contributed by atoms with van der Waals surface area (Å²) >= 11 is 6.40. The van der Waals surface area contributed by atoms with Crippen molar-refractivity contribution in [2.45, 2.75) is 49.5 Å². The first-order valence-corrected chi connectivity index (χ1v) is 10.5. The molecule has 0 unspecified atom stereocenters. The van der Waals surface area contributed by atoms with Crippen molar-refractivity contribution in [3.05, 3.63) is 69.7 Å². The molecule has 5 atom stereocenters. The number of rotatable bonds is 6. The molecule has 4 rings (SSSR count). The number of carbonyl (C=O) groups excluding carboxylic acids is 1. The van der Waals surface area contributed by atoms with Crippen molar-refractivity contribution in [1.29, 1.82) is 0 Å². The molecular weight excluding hydrogens is 424 g/mol. The SMILES string of the molecule is CCC(=O)c1ccc(Cc2cc([C@]34OC[C@](CO)(O3)[C@@H](O)[C@H](O)[C@H]4O)ccc2Cl)cc1. The highest BCUT2D eigenvalue weighted by Crippen LogP contribution is 2.49. The third kappa shape index (κ3) is 3.60. The molecular formula is C23H25ClO7. The fourth-order valence-corrected chi connectivity index (χ4v) is 4.42. The lowest BCUT2D eigenvalue weighted by Crippen LogP contribution is -2.65. The summed E-state index contributed by atoms with van der Waals surface area (Å²) in [5.41, 5.74) is 1.20. The van der Waals surface area contributed by atoms with Gasteiger partial charge in [0.2, 0.25) is 5.79 Å². The first kappa shape index (κ1) is 22.4. The average molecular weight is 449 g/mol. The van der Waals surface area contributed by atoms with Gasteiger partial charge in [0.05, 0.1) is 13.2 Å². The average Bonchev–Trinajstić information content (AvgIpc) is 3.18. The third-order valence-electron chi connectivity index (χ3n) is 6.17. The number of Topliss-reactive ketones (excluding diaryl/α,β-unsaturated/α-hetero) is 1. The van der Waals surface area contributed by atoms with Gasteiger partial charge in [-0.2, -0.15) is 0 Å². The van der Waals surface area contributed by atoms with Crippen molar-refractivity contribution < 1.29 is 34.7 Å². The first-order chi connectivity index (χ1) is 14.8. The molecule has 2 bridgehead atoms. The highest BCUT2D eigenvalue weighted by molar-refractivity contribution is 6.31. The van der Waals surface area contributed by atoms with Crippen LogP contribution in [0.4, 0.5) is 0 Å². The molecule has 4 N–H and O–H groups in total. The Kier molecular flexibility index (Phi) is 5.95. The number of halogens is 1. The minimum absolute atomic E-state index is 0.0700. The van der Waals surface area contributed by atoms with Crippen molar-refractivity contribution >= 4 is 17.4 Å². The molecule has 0 radical (unpaired) electrons. The number of fused-ring (bicyclic) bond motifs is 2. The van der Waals surface area contributed by atoms with Crippen LogP contribution < -0.4 is 0 Å². The van der Waals surface area contributed by atoms with Gasteiger partial charge in [0.15, 0.2) is 5.78 Å². The maximum absolute atomic E-state index is 11.8. The van der Waals surface area contributed by atoms with Gasteiger partial charge in [-0.05, 0) is 29.7 Å². The Labute approximate surface area is 184 Å². The normalized spacial score (nSPS) is 32.3. The number of benzene rings is 2. The van der Waals surface area contributed by atoms with E-state index < -0.39 is 36.3 Å². The van der Waals surface area contributed by atoms with Crippen LogP contribution >= 0.6 is 11.6 Å². The Hall–Kier alpha value is -1.84. The van der Waals surface area contributed by atoms with Crippen LogP contribution in [0.2, 0.25) is 5.02 Å². The van der Waals surface area contributed by atoms with Gasteiger partial charge >= 0.3 is 0 Å². The molecule has 2 saturated heterocycles. The molecule has 0 spiro atoms. The van der Waals surface area contributed by atoms with Crippen LogP contribution in [0, 0.1) is 0 Å². The lowest BCUT2D eigenvalue weighted by Gasteiger charge is -2.46. The Morgan fingerprint density at radius 1 is 1.13 bits per heavy atom. The Morgan fingerprint density at radius 3 is 2.48 bits per heavy atom. The second-order valence-corrected chi connectivity index (χ2v) is 8.53. The van der Waals surface area contributed by atoms with Gasteiger partial charge in [-0.25, -0.2) is 0 Å². The van der Waals surface area contributed by atoms with E-state index in [1.807, 2.05) is 19.1 Å². The number of aliphatic hydroxyl groups excluding tert-OH is 4. The lowest BCUT2D eigenvalue weighted by molar-refractivity contribution is -0.329. The molecule has 0 saturated carbocycles. The molecule has 0 amide bonds. The van der Waals surface area contributed by atoms with E-state index in [1.165, 1.54) is 0 Å². The van der Waals surface area contributed by atoms with Crippen LogP contribution in [0.3, 0.4) is 0 Å². The third-order valence-corrected chi connectivity index (χ3v) is 6.54. The second-order valence-electron chi connectivity index (χ2n) is 8.12. The Bertz CT molecular complexity index is 978. The van der Waals surface area contributed by atoms with Gasteiger partial charge < -0.3 is 29.9 Å². The summed E-state index contributed by atoms with van der Waals surface area (Å²) in [6.07, 6.45) is -3.74. The van der Waals surface area contributed by atoms with Crippen LogP contribution in [0.1, 0.15) is 40.4 Å². The van der Waals surface area contributed by atoms with Crippen molar-refractivity contribution in [2.24, 2.45) is 0 Å². The minimum Gasteiger partial charge on any atom is -0.393 e. The number of aliphatic hydroxyl groups is 4. The van der Waals surface area contributed by atoms with Gasteiger partial charge in [-0.1, -0.05) is 48.9 Å². The lowest BCUT2D eigenvalue weighted by atomic mass is 9.83. The summed E-state index contributed by atoms with van der Waals surface area (Å²) in [7, 11) is 0. The standard InChI is InChI=1S/C23H25ClO7/c1-2-18(26)14-5-3-13(4-6-14)9-15-10-16(7-8-17(15)24)23-21(29)19(27)20(28)22(11-25,31-23)12-30-23/h3-8,10,19-21,25,27-29H,2,9,11-12H2,1H3/t19-,20-,21+,22-,23-/m0/s1. The highest BCUT2D eigenvalue weighted by atomic mass is 35.5. The molecule has 2 heterocycles. The molecule has 0 aromatic heterocycles. The van der Waals surface area contributed by atoms with Crippen molar-refractivity contribution in [2.75, 3.05) is 13.2 Å². The fourth-order valence-electron chi connectivity index (χ4n) is 4.23. The van der Waals surface area contributed by atoms with Gasteiger partial charge in [0.25, 0.3) is 0 Å². The van der Waals surface area contributed by atoms with E-state index in [-0.39, 0.29) is 12.4 Å². The summed E-state index contributed by atoms with van der Waals surface area (Å²) in [5, 5.41) is 41.6. The number of ether oxygens (including phenoxy) is 2. The number of hydrogen-bond donors (Lipinski definition) is 4. The van der Waals surface area contributed by atoms with Crippen LogP contribution in [0.25, 0.3) is 0 Å². The molecule has 0 aliphatic carbocycles. The van der Waals surface area contributed by atoms with E-state index in [2.05, 4.69) is 0 Å². The fraction of sp³-hybridized carbons (Fsp3) is 0.435. The summed E-state index contributed by atoms with van der Waals surface area (Å²) in [5.74, 6) is -1.67. The van der Waals surface area contributed by atoms with Gasteiger partial charge in [-0.15, -0.1) is 0 Å². The molecule has 8 heteroatoms. The zero-order chi connectivity index (χ0) is 22.4. The van der Waals surface area contributed by atoms with E-state index in [0.29, 0.717) is 29.0 Å². The quantitative estimate of drug-likeness (QED) is 0.495. The molecule has 2 fully saturated rings. The monoisotopic (exact) mass is 448 g/mol. The molecule has 166 valence electrons. The number of carbonyl (C=O) groups is 1.